The molecule has 2 rings (SSSR count). The Labute approximate surface area is 133 Å². The molecule has 2 aromatic carbocycles. The Morgan fingerprint density at radius 1 is 0.957 bits per heavy atom. The fraction of sp³-hybridized carbons (Fsp3) is 0.118. The minimum Gasteiger partial charge on any atom is -0.497 e. The summed E-state index contributed by atoms with van der Waals surface area (Å²) in [5, 5.41) is 11.2. The highest BCUT2D eigenvalue weighted by atomic mass is 16.6. The summed E-state index contributed by atoms with van der Waals surface area (Å²) in [6.45, 7) is 0. The van der Waals surface area contributed by atoms with Gasteiger partial charge in [0.15, 0.2) is 0 Å². The molecule has 0 bridgehead atoms. The van der Waals surface area contributed by atoms with Crippen LogP contribution in [0.15, 0.2) is 54.2 Å². The van der Waals surface area contributed by atoms with Gasteiger partial charge in [-0.2, -0.15) is 0 Å². The molecule has 0 saturated heterocycles. The number of hydrogen-bond acceptors (Lipinski definition) is 5. The van der Waals surface area contributed by atoms with Gasteiger partial charge in [-0.3, -0.25) is 14.9 Å². The van der Waals surface area contributed by atoms with Gasteiger partial charge in [0.05, 0.1) is 19.1 Å². The zero-order chi connectivity index (χ0) is 16.8. The topological polar surface area (TPSA) is 78.7 Å². The zero-order valence-electron chi connectivity index (χ0n) is 12.7. The summed E-state index contributed by atoms with van der Waals surface area (Å²) in [7, 11) is 3.03. The maximum Gasteiger partial charge on any atom is 0.317 e. The van der Waals surface area contributed by atoms with Crippen LogP contribution >= 0.6 is 0 Å². The second-order valence-corrected chi connectivity index (χ2v) is 4.62. The van der Waals surface area contributed by atoms with Crippen LogP contribution in [-0.4, -0.2) is 24.9 Å². The van der Waals surface area contributed by atoms with Crippen molar-refractivity contribution in [3.63, 3.8) is 0 Å². The number of ketones is 1. The average Bonchev–Trinajstić information content (AvgIpc) is 2.59. The Morgan fingerprint density at radius 3 is 1.87 bits per heavy atom. The van der Waals surface area contributed by atoms with Crippen LogP contribution in [0.4, 0.5) is 0 Å². The molecule has 0 amide bonds. The highest BCUT2D eigenvalue weighted by Gasteiger charge is 2.23. The van der Waals surface area contributed by atoms with E-state index in [0.29, 0.717) is 17.1 Å². The SMILES string of the molecule is COc1ccc(C=C(C(=O)c2ccc(OC)cc2)[N+](=O)[O-])cc1. The van der Waals surface area contributed by atoms with Gasteiger partial charge < -0.3 is 9.47 Å². The summed E-state index contributed by atoms with van der Waals surface area (Å²) in [6.07, 6.45) is 1.24. The van der Waals surface area contributed by atoms with E-state index in [9.17, 15) is 14.9 Å². The lowest BCUT2D eigenvalue weighted by atomic mass is 10.1. The third kappa shape index (κ3) is 3.94. The summed E-state index contributed by atoms with van der Waals surface area (Å²) >= 11 is 0. The van der Waals surface area contributed by atoms with Crippen LogP contribution < -0.4 is 9.47 Å². The van der Waals surface area contributed by atoms with Crippen molar-refractivity contribution in [2.75, 3.05) is 14.2 Å². The summed E-state index contributed by atoms with van der Waals surface area (Å²) in [5.74, 6) is 0.545. The predicted molar refractivity (Wildman–Crippen MR) is 85.3 cm³/mol. The molecule has 0 radical (unpaired) electrons. The van der Waals surface area contributed by atoms with E-state index in [4.69, 9.17) is 9.47 Å². The van der Waals surface area contributed by atoms with E-state index in [2.05, 4.69) is 0 Å². The van der Waals surface area contributed by atoms with Crippen molar-refractivity contribution < 1.29 is 19.2 Å². The van der Waals surface area contributed by atoms with Crippen LogP contribution in [0.25, 0.3) is 6.08 Å². The van der Waals surface area contributed by atoms with E-state index < -0.39 is 16.4 Å². The smallest absolute Gasteiger partial charge is 0.317 e. The number of Topliss-reactive ketones (excluding diaryl/α,β-unsaturated/α-hetero) is 1. The number of carbonyl (C=O) groups is 1. The standard InChI is InChI=1S/C17H15NO5/c1-22-14-7-3-12(4-8-14)11-16(18(20)21)17(19)13-5-9-15(23-2)10-6-13/h3-11H,1-2H3. The van der Waals surface area contributed by atoms with E-state index in [1.807, 2.05) is 0 Å². The van der Waals surface area contributed by atoms with Crippen molar-refractivity contribution in [3.8, 4) is 11.5 Å². The van der Waals surface area contributed by atoms with Crippen molar-refractivity contribution in [2.24, 2.45) is 0 Å². The van der Waals surface area contributed by atoms with Crippen LogP contribution in [0.3, 0.4) is 0 Å². The largest absolute Gasteiger partial charge is 0.497 e. The number of allylic oxidation sites excluding steroid dienone is 1. The third-order valence-corrected chi connectivity index (χ3v) is 3.20. The summed E-state index contributed by atoms with van der Waals surface area (Å²) < 4.78 is 10.0. The minimum atomic E-state index is -0.684. The quantitative estimate of drug-likeness (QED) is 0.354. The highest BCUT2D eigenvalue weighted by Crippen LogP contribution is 2.18. The molecule has 0 unspecified atom stereocenters. The van der Waals surface area contributed by atoms with E-state index in [-0.39, 0.29) is 5.56 Å². The van der Waals surface area contributed by atoms with Gasteiger partial charge >= 0.3 is 5.70 Å². The van der Waals surface area contributed by atoms with E-state index >= 15 is 0 Å². The summed E-state index contributed by atoms with van der Waals surface area (Å²) in [5.41, 5.74) is 0.266. The molecule has 0 heterocycles. The first-order valence-electron chi connectivity index (χ1n) is 6.74. The number of rotatable bonds is 6. The van der Waals surface area contributed by atoms with Gasteiger partial charge in [0.25, 0.3) is 5.78 Å². The molecule has 0 atom stereocenters. The van der Waals surface area contributed by atoms with Gasteiger partial charge in [0, 0.05) is 11.6 Å². The molecule has 0 aromatic heterocycles. The van der Waals surface area contributed by atoms with Gasteiger partial charge in [0.1, 0.15) is 11.5 Å². The van der Waals surface area contributed by atoms with Crippen molar-refractivity contribution in [1.82, 2.24) is 0 Å². The number of benzene rings is 2. The van der Waals surface area contributed by atoms with E-state index in [1.165, 1.54) is 32.4 Å². The Morgan fingerprint density at radius 2 is 1.43 bits per heavy atom. The molecular formula is C17H15NO5. The lowest BCUT2D eigenvalue weighted by Gasteiger charge is -2.03. The van der Waals surface area contributed by atoms with Crippen LogP contribution in [0, 0.1) is 10.1 Å². The van der Waals surface area contributed by atoms with Crippen LogP contribution in [-0.2, 0) is 0 Å². The third-order valence-electron chi connectivity index (χ3n) is 3.20. The second-order valence-electron chi connectivity index (χ2n) is 4.62. The molecule has 0 N–H and O–H groups in total. The first-order chi connectivity index (χ1) is 11.0. The fourth-order valence-corrected chi connectivity index (χ4v) is 1.95. The number of nitrogens with zero attached hydrogens (tertiary/aromatic N) is 1. The lowest BCUT2D eigenvalue weighted by molar-refractivity contribution is -0.415. The molecule has 118 valence electrons. The first kappa shape index (κ1) is 16.2. The Kier molecular flexibility index (Phi) is 5.09. The maximum absolute atomic E-state index is 12.3. The Balaban J connectivity index is 2.33. The maximum atomic E-state index is 12.3. The molecule has 6 nitrogen and oxygen atoms in total. The van der Waals surface area contributed by atoms with E-state index in [0.717, 1.165) is 0 Å². The van der Waals surface area contributed by atoms with Crippen molar-refractivity contribution in [2.45, 2.75) is 0 Å². The summed E-state index contributed by atoms with van der Waals surface area (Å²) in [6, 6.07) is 12.8. The Hall–Kier alpha value is -3.15. The number of carbonyl (C=O) groups excluding carboxylic acids is 1. The average molecular weight is 313 g/mol. The van der Waals surface area contributed by atoms with Crippen LogP contribution in [0.5, 0.6) is 11.5 Å². The Bertz CT molecular complexity index is 733. The van der Waals surface area contributed by atoms with Crippen molar-refractivity contribution >= 4 is 11.9 Å². The normalized spacial score (nSPS) is 11.0. The molecule has 0 aliphatic rings. The number of ether oxygens (including phenoxy) is 2. The summed E-state index contributed by atoms with van der Waals surface area (Å²) in [4.78, 5) is 22.9. The van der Waals surface area contributed by atoms with Crippen molar-refractivity contribution in [1.29, 1.82) is 0 Å². The van der Waals surface area contributed by atoms with Gasteiger partial charge in [-0.25, -0.2) is 0 Å². The highest BCUT2D eigenvalue weighted by molar-refractivity contribution is 6.09. The monoisotopic (exact) mass is 313 g/mol. The van der Waals surface area contributed by atoms with Crippen LogP contribution in [0.2, 0.25) is 0 Å². The lowest BCUT2D eigenvalue weighted by Crippen LogP contribution is -2.11. The van der Waals surface area contributed by atoms with Crippen LogP contribution in [0.1, 0.15) is 15.9 Å². The minimum absolute atomic E-state index is 0.224. The zero-order valence-corrected chi connectivity index (χ0v) is 12.7. The van der Waals surface area contributed by atoms with Gasteiger partial charge in [0.2, 0.25) is 0 Å². The number of nitro groups is 1. The number of methoxy groups -OCH3 is 2. The molecule has 23 heavy (non-hydrogen) atoms. The van der Waals surface area contributed by atoms with Gasteiger partial charge in [-0.05, 0) is 42.0 Å². The van der Waals surface area contributed by atoms with Crippen molar-refractivity contribution in [3.05, 3.63) is 75.5 Å². The van der Waals surface area contributed by atoms with Gasteiger partial charge in [-0.1, -0.05) is 12.1 Å². The molecule has 2 aromatic rings. The van der Waals surface area contributed by atoms with Gasteiger partial charge in [-0.15, -0.1) is 0 Å². The fourth-order valence-electron chi connectivity index (χ4n) is 1.95. The molecule has 0 fully saturated rings. The van der Waals surface area contributed by atoms with E-state index in [1.54, 1.807) is 36.4 Å². The molecule has 0 aliphatic heterocycles. The molecular weight excluding hydrogens is 298 g/mol. The molecule has 0 aliphatic carbocycles. The predicted octanol–water partition coefficient (Wildman–Crippen LogP) is 3.20. The molecule has 0 spiro atoms. The second kappa shape index (κ2) is 7.22. The molecule has 0 saturated carbocycles. The molecule has 6 heteroatoms. The number of hydrogen-bond donors (Lipinski definition) is 0. The first-order valence-corrected chi connectivity index (χ1v) is 6.74.